The van der Waals surface area contributed by atoms with Gasteiger partial charge in [0, 0.05) is 15.4 Å². The van der Waals surface area contributed by atoms with E-state index in [4.69, 9.17) is 4.74 Å². The average Bonchev–Trinajstić information content (AvgIpc) is 2.94. The highest BCUT2D eigenvalue weighted by molar-refractivity contribution is 9.10. The molecule has 2 aromatic carbocycles. The van der Waals surface area contributed by atoms with Gasteiger partial charge in [0.15, 0.2) is 0 Å². The Bertz CT molecular complexity index is 724. The van der Waals surface area contributed by atoms with Gasteiger partial charge in [0.2, 0.25) is 0 Å². The summed E-state index contributed by atoms with van der Waals surface area (Å²) < 4.78 is 6.72. The number of para-hydroxylation sites is 1. The average molecular weight is 361 g/mol. The Morgan fingerprint density at radius 1 is 0.952 bits per heavy atom. The quantitative estimate of drug-likeness (QED) is 0.676. The summed E-state index contributed by atoms with van der Waals surface area (Å²) in [5.41, 5.74) is 1.68. The summed E-state index contributed by atoms with van der Waals surface area (Å²) in [6.45, 7) is 0. The third kappa shape index (κ3) is 3.35. The number of aliphatic hydroxyl groups is 1. The molecule has 1 atom stereocenters. The van der Waals surface area contributed by atoms with Crippen LogP contribution in [0.2, 0.25) is 0 Å². The topological polar surface area (TPSA) is 29.5 Å². The highest BCUT2D eigenvalue weighted by atomic mass is 79.9. The molecule has 2 nitrogen and oxygen atoms in total. The molecule has 4 heteroatoms. The first-order valence-corrected chi connectivity index (χ1v) is 8.20. The molecule has 0 fully saturated rings. The minimum absolute atomic E-state index is 0.662. The Labute approximate surface area is 135 Å². The number of aliphatic hydroxyl groups excluding tert-OH is 1. The molecule has 1 heterocycles. The number of thiophene rings is 1. The van der Waals surface area contributed by atoms with Gasteiger partial charge in [-0.05, 0) is 51.1 Å². The van der Waals surface area contributed by atoms with Crippen molar-refractivity contribution in [1.82, 2.24) is 0 Å². The summed E-state index contributed by atoms with van der Waals surface area (Å²) in [6.07, 6.45) is -0.662. The second kappa shape index (κ2) is 6.43. The third-order valence-electron chi connectivity index (χ3n) is 3.09. The summed E-state index contributed by atoms with van der Waals surface area (Å²) in [7, 11) is 0. The van der Waals surface area contributed by atoms with E-state index in [0.29, 0.717) is 5.75 Å². The Hall–Kier alpha value is -1.62. The lowest BCUT2D eigenvalue weighted by atomic mass is 10.0. The summed E-state index contributed by atoms with van der Waals surface area (Å²) >= 11 is 5.01. The van der Waals surface area contributed by atoms with Crippen molar-refractivity contribution in [2.45, 2.75) is 6.10 Å². The first-order chi connectivity index (χ1) is 10.2. The fourth-order valence-corrected chi connectivity index (χ4v) is 3.57. The normalized spacial score (nSPS) is 12.1. The fraction of sp³-hybridized carbons (Fsp3) is 0.0588. The van der Waals surface area contributed by atoms with Crippen molar-refractivity contribution in [2.24, 2.45) is 0 Å². The van der Waals surface area contributed by atoms with E-state index in [-0.39, 0.29) is 0 Å². The summed E-state index contributed by atoms with van der Waals surface area (Å²) in [5.74, 6) is 1.49. The van der Waals surface area contributed by atoms with Crippen molar-refractivity contribution in [2.75, 3.05) is 0 Å². The van der Waals surface area contributed by atoms with Crippen molar-refractivity contribution in [1.29, 1.82) is 0 Å². The minimum atomic E-state index is -0.662. The molecule has 106 valence electrons. The van der Waals surface area contributed by atoms with E-state index in [0.717, 1.165) is 21.3 Å². The number of ether oxygens (including phenoxy) is 1. The van der Waals surface area contributed by atoms with Crippen LogP contribution in [0.4, 0.5) is 0 Å². The van der Waals surface area contributed by atoms with E-state index in [2.05, 4.69) is 15.9 Å². The first-order valence-electron chi connectivity index (χ1n) is 6.46. The molecule has 0 aliphatic rings. The lowest BCUT2D eigenvalue weighted by Crippen LogP contribution is -1.99. The van der Waals surface area contributed by atoms with Crippen LogP contribution < -0.4 is 4.74 Å². The minimum Gasteiger partial charge on any atom is -0.457 e. The van der Waals surface area contributed by atoms with Gasteiger partial charge in [-0.1, -0.05) is 30.3 Å². The highest BCUT2D eigenvalue weighted by Gasteiger charge is 2.15. The number of rotatable bonds is 4. The van der Waals surface area contributed by atoms with E-state index in [1.54, 1.807) is 11.3 Å². The standard InChI is InChI=1S/C17H13BrO2S/c18-16-11-21-10-15(16)17(19)12-5-4-8-14(9-12)20-13-6-2-1-3-7-13/h1-11,17,19H. The van der Waals surface area contributed by atoms with E-state index in [9.17, 15) is 5.11 Å². The number of benzene rings is 2. The molecule has 0 bridgehead atoms. The zero-order chi connectivity index (χ0) is 14.7. The molecule has 0 spiro atoms. The Morgan fingerprint density at radius 2 is 1.71 bits per heavy atom. The fourth-order valence-electron chi connectivity index (χ4n) is 2.04. The maximum absolute atomic E-state index is 10.5. The van der Waals surface area contributed by atoms with Crippen LogP contribution in [0.25, 0.3) is 0 Å². The molecule has 3 rings (SSSR count). The summed E-state index contributed by atoms with van der Waals surface area (Å²) in [4.78, 5) is 0. The predicted octanol–water partition coefficient (Wildman–Crippen LogP) is 5.38. The molecule has 0 saturated carbocycles. The molecule has 0 aliphatic carbocycles. The van der Waals surface area contributed by atoms with E-state index >= 15 is 0 Å². The SMILES string of the molecule is OC(c1cccc(Oc2ccccc2)c1)c1cscc1Br. The molecule has 0 saturated heterocycles. The first kappa shape index (κ1) is 14.3. The second-order valence-electron chi connectivity index (χ2n) is 4.57. The lowest BCUT2D eigenvalue weighted by molar-refractivity contribution is 0.219. The summed E-state index contributed by atoms with van der Waals surface area (Å²) in [6, 6.07) is 17.1. The van der Waals surface area contributed by atoms with E-state index in [1.165, 1.54) is 0 Å². The van der Waals surface area contributed by atoms with Crippen molar-refractivity contribution >= 4 is 27.3 Å². The van der Waals surface area contributed by atoms with Crippen LogP contribution >= 0.6 is 27.3 Å². The zero-order valence-corrected chi connectivity index (χ0v) is 13.5. The van der Waals surface area contributed by atoms with Gasteiger partial charge in [0.05, 0.1) is 0 Å². The highest BCUT2D eigenvalue weighted by Crippen LogP contribution is 2.33. The van der Waals surface area contributed by atoms with Gasteiger partial charge in [-0.25, -0.2) is 0 Å². The maximum atomic E-state index is 10.5. The molecule has 1 N–H and O–H groups in total. The maximum Gasteiger partial charge on any atom is 0.127 e. The van der Waals surface area contributed by atoms with Gasteiger partial charge < -0.3 is 9.84 Å². The van der Waals surface area contributed by atoms with Crippen LogP contribution in [0.3, 0.4) is 0 Å². The van der Waals surface area contributed by atoms with Gasteiger partial charge in [-0.3, -0.25) is 0 Å². The van der Waals surface area contributed by atoms with Gasteiger partial charge in [-0.2, -0.15) is 11.3 Å². The predicted molar refractivity (Wildman–Crippen MR) is 89.0 cm³/mol. The van der Waals surface area contributed by atoms with E-state index in [1.807, 2.05) is 65.4 Å². The molecule has 1 unspecified atom stereocenters. The summed E-state index contributed by atoms with van der Waals surface area (Å²) in [5, 5.41) is 14.4. The van der Waals surface area contributed by atoms with Gasteiger partial charge in [0.1, 0.15) is 17.6 Å². The van der Waals surface area contributed by atoms with Gasteiger partial charge >= 0.3 is 0 Å². The van der Waals surface area contributed by atoms with Gasteiger partial charge in [-0.15, -0.1) is 0 Å². The molecule has 3 aromatic rings. The van der Waals surface area contributed by atoms with Crippen LogP contribution in [0.1, 0.15) is 17.2 Å². The van der Waals surface area contributed by atoms with Crippen molar-refractivity contribution in [3.05, 3.63) is 81.0 Å². The molecule has 1 aromatic heterocycles. The molecule has 0 aliphatic heterocycles. The molecule has 21 heavy (non-hydrogen) atoms. The number of halogens is 1. The van der Waals surface area contributed by atoms with Crippen molar-refractivity contribution in [3.63, 3.8) is 0 Å². The van der Waals surface area contributed by atoms with Crippen LogP contribution in [0, 0.1) is 0 Å². The Balaban J connectivity index is 1.85. The molecular weight excluding hydrogens is 348 g/mol. The van der Waals surface area contributed by atoms with E-state index < -0.39 is 6.10 Å². The molecule has 0 radical (unpaired) electrons. The Kier molecular flexibility index (Phi) is 4.39. The smallest absolute Gasteiger partial charge is 0.127 e. The van der Waals surface area contributed by atoms with Gasteiger partial charge in [0.25, 0.3) is 0 Å². The largest absolute Gasteiger partial charge is 0.457 e. The number of hydrogen-bond donors (Lipinski definition) is 1. The molecular formula is C17H13BrO2S. The zero-order valence-electron chi connectivity index (χ0n) is 11.1. The van der Waals surface area contributed by atoms with Crippen LogP contribution in [0.5, 0.6) is 11.5 Å². The van der Waals surface area contributed by atoms with Crippen LogP contribution in [-0.2, 0) is 0 Å². The van der Waals surface area contributed by atoms with Crippen molar-refractivity contribution < 1.29 is 9.84 Å². The lowest BCUT2D eigenvalue weighted by Gasteiger charge is -2.12. The monoisotopic (exact) mass is 360 g/mol. The second-order valence-corrected chi connectivity index (χ2v) is 6.16. The third-order valence-corrected chi connectivity index (χ3v) is 4.84. The van der Waals surface area contributed by atoms with Crippen LogP contribution in [-0.4, -0.2) is 5.11 Å². The molecule has 0 amide bonds. The van der Waals surface area contributed by atoms with Crippen LogP contribution in [0.15, 0.2) is 69.8 Å². The van der Waals surface area contributed by atoms with Crippen molar-refractivity contribution in [3.8, 4) is 11.5 Å². The number of hydrogen-bond acceptors (Lipinski definition) is 3. The Morgan fingerprint density at radius 3 is 2.43 bits per heavy atom.